The summed E-state index contributed by atoms with van der Waals surface area (Å²) in [7, 11) is -4.12. The van der Waals surface area contributed by atoms with Crippen LogP contribution in [0.1, 0.15) is 18.4 Å². The van der Waals surface area contributed by atoms with Gasteiger partial charge in [-0.1, -0.05) is 11.6 Å². The molecule has 0 aliphatic carbocycles. The van der Waals surface area contributed by atoms with Gasteiger partial charge in [-0.3, -0.25) is 4.79 Å². The molecular weight excluding hydrogens is 441 g/mol. The van der Waals surface area contributed by atoms with Crippen molar-refractivity contribution >= 4 is 38.7 Å². The van der Waals surface area contributed by atoms with Crippen LogP contribution in [0.25, 0.3) is 0 Å². The molecule has 0 bridgehead atoms. The second-order valence-corrected chi connectivity index (χ2v) is 9.35. The topological polar surface area (TPSA) is 57.7 Å². The summed E-state index contributed by atoms with van der Waals surface area (Å²) in [6, 6.07) is 8.34. The van der Waals surface area contributed by atoms with Crippen LogP contribution in [0, 0.1) is 0 Å². The van der Waals surface area contributed by atoms with Crippen LogP contribution in [-0.2, 0) is 20.8 Å². The Bertz CT molecular complexity index is 1140. The number of benzene rings is 2. The number of likely N-dealkylation sites (tertiary alicyclic amines) is 1. The highest BCUT2D eigenvalue weighted by Crippen LogP contribution is 2.42. The lowest BCUT2D eigenvalue weighted by Crippen LogP contribution is -2.35. The standard InChI is InChI=1S/C20H16ClF3N2O3S/c21-14-5-8-17-16(11-14)26(15-6-3-13(4-7-15)20(22,23)24)12-18(30(17,28)29)19(27)25-9-1-2-10-25/h3-8,11-12H,1-2,9-10H2. The highest BCUT2D eigenvalue weighted by molar-refractivity contribution is 7.96. The van der Waals surface area contributed by atoms with E-state index < -0.39 is 32.4 Å². The van der Waals surface area contributed by atoms with Gasteiger partial charge in [-0.25, -0.2) is 8.42 Å². The van der Waals surface area contributed by atoms with Gasteiger partial charge in [0.05, 0.1) is 16.1 Å². The van der Waals surface area contributed by atoms with E-state index in [0.29, 0.717) is 13.1 Å². The number of alkyl halides is 3. The van der Waals surface area contributed by atoms with Crippen molar-refractivity contribution in [2.45, 2.75) is 23.9 Å². The van der Waals surface area contributed by atoms with Crippen LogP contribution in [0.3, 0.4) is 0 Å². The smallest absolute Gasteiger partial charge is 0.338 e. The zero-order chi connectivity index (χ0) is 21.7. The number of carbonyl (C=O) groups is 1. The van der Waals surface area contributed by atoms with Crippen LogP contribution >= 0.6 is 11.6 Å². The lowest BCUT2D eigenvalue weighted by molar-refractivity contribution is -0.137. The summed E-state index contributed by atoms with van der Waals surface area (Å²) in [5, 5.41) is 0.253. The molecule has 0 atom stereocenters. The highest BCUT2D eigenvalue weighted by Gasteiger charge is 2.38. The molecule has 0 N–H and O–H groups in total. The zero-order valence-corrected chi connectivity index (χ0v) is 17.1. The Morgan fingerprint density at radius 1 is 1.00 bits per heavy atom. The fourth-order valence-electron chi connectivity index (χ4n) is 3.55. The number of halogens is 4. The number of carbonyl (C=O) groups excluding carboxylic acids is 1. The molecule has 5 nitrogen and oxygen atoms in total. The summed E-state index contributed by atoms with van der Waals surface area (Å²) in [6.07, 6.45) is -1.77. The number of rotatable bonds is 2. The van der Waals surface area contributed by atoms with Gasteiger partial charge in [0.15, 0.2) is 4.91 Å². The summed E-state index contributed by atoms with van der Waals surface area (Å²) in [5.74, 6) is -0.620. The van der Waals surface area contributed by atoms with E-state index in [1.165, 1.54) is 40.1 Å². The summed E-state index contributed by atoms with van der Waals surface area (Å²) >= 11 is 6.04. The van der Waals surface area contributed by atoms with E-state index in [4.69, 9.17) is 11.6 Å². The predicted octanol–water partition coefficient (Wildman–Crippen LogP) is 4.75. The van der Waals surface area contributed by atoms with E-state index in [-0.39, 0.29) is 21.3 Å². The van der Waals surface area contributed by atoms with Gasteiger partial charge in [-0.2, -0.15) is 13.2 Å². The largest absolute Gasteiger partial charge is 0.416 e. The van der Waals surface area contributed by atoms with Gasteiger partial charge in [0.1, 0.15) is 0 Å². The molecule has 1 fully saturated rings. The first kappa shape index (κ1) is 20.7. The predicted molar refractivity (Wildman–Crippen MR) is 106 cm³/mol. The fourth-order valence-corrected chi connectivity index (χ4v) is 5.24. The van der Waals surface area contributed by atoms with Gasteiger partial charge in [0, 0.05) is 30.0 Å². The second-order valence-electron chi connectivity index (χ2n) is 7.02. The molecule has 158 valence electrons. The van der Waals surface area contributed by atoms with Crippen molar-refractivity contribution < 1.29 is 26.4 Å². The van der Waals surface area contributed by atoms with Crippen molar-refractivity contribution in [1.29, 1.82) is 0 Å². The Morgan fingerprint density at radius 3 is 2.23 bits per heavy atom. The minimum atomic E-state index is -4.50. The molecule has 2 aliphatic rings. The van der Waals surface area contributed by atoms with Crippen molar-refractivity contribution in [3.8, 4) is 0 Å². The summed E-state index contributed by atoms with van der Waals surface area (Å²) in [6.45, 7) is 0.916. The number of amides is 1. The molecule has 0 saturated carbocycles. The van der Waals surface area contributed by atoms with Crippen LogP contribution in [0.4, 0.5) is 24.5 Å². The van der Waals surface area contributed by atoms with E-state index >= 15 is 0 Å². The van der Waals surface area contributed by atoms with Gasteiger partial charge >= 0.3 is 6.18 Å². The van der Waals surface area contributed by atoms with E-state index in [2.05, 4.69) is 0 Å². The monoisotopic (exact) mass is 456 g/mol. The quantitative estimate of drug-likeness (QED) is 0.654. The third kappa shape index (κ3) is 3.56. The van der Waals surface area contributed by atoms with Gasteiger partial charge < -0.3 is 9.80 Å². The zero-order valence-electron chi connectivity index (χ0n) is 15.5. The lowest BCUT2D eigenvalue weighted by atomic mass is 10.1. The Labute approximate surface area is 176 Å². The Balaban J connectivity index is 1.86. The van der Waals surface area contributed by atoms with E-state index in [1.807, 2.05) is 0 Å². The first-order valence-electron chi connectivity index (χ1n) is 9.11. The van der Waals surface area contributed by atoms with Crippen LogP contribution in [0.15, 0.2) is 58.5 Å². The van der Waals surface area contributed by atoms with Crippen molar-refractivity contribution in [2.24, 2.45) is 0 Å². The minimum absolute atomic E-state index is 0.128. The molecule has 4 rings (SSSR count). The van der Waals surface area contributed by atoms with Crippen molar-refractivity contribution in [3.05, 3.63) is 64.2 Å². The van der Waals surface area contributed by atoms with E-state index in [1.54, 1.807) is 0 Å². The Morgan fingerprint density at radius 2 is 1.63 bits per heavy atom. The average Bonchev–Trinajstić information content (AvgIpc) is 3.22. The fraction of sp³-hybridized carbons (Fsp3) is 0.250. The van der Waals surface area contributed by atoms with Crippen LogP contribution in [0.5, 0.6) is 0 Å². The molecule has 0 spiro atoms. The van der Waals surface area contributed by atoms with E-state index in [9.17, 15) is 26.4 Å². The van der Waals surface area contributed by atoms with Crippen molar-refractivity contribution in [3.63, 3.8) is 0 Å². The summed E-state index contributed by atoms with van der Waals surface area (Å²) in [5.41, 5.74) is -0.395. The van der Waals surface area contributed by atoms with Crippen LogP contribution in [-0.4, -0.2) is 32.3 Å². The third-order valence-electron chi connectivity index (χ3n) is 5.08. The number of fused-ring (bicyclic) bond motifs is 1. The second kappa shape index (κ2) is 7.31. The molecule has 30 heavy (non-hydrogen) atoms. The first-order chi connectivity index (χ1) is 14.1. The lowest BCUT2D eigenvalue weighted by Gasteiger charge is -2.30. The summed E-state index contributed by atoms with van der Waals surface area (Å²) in [4.78, 5) is 15.2. The Kier molecular flexibility index (Phi) is 5.06. The average molecular weight is 457 g/mol. The van der Waals surface area contributed by atoms with Gasteiger partial charge in [0.25, 0.3) is 5.91 Å². The number of hydrogen-bond acceptors (Lipinski definition) is 4. The van der Waals surface area contributed by atoms with Gasteiger partial charge in [-0.15, -0.1) is 0 Å². The van der Waals surface area contributed by atoms with Crippen LogP contribution < -0.4 is 4.90 Å². The third-order valence-corrected chi connectivity index (χ3v) is 7.10. The highest BCUT2D eigenvalue weighted by atomic mass is 35.5. The van der Waals surface area contributed by atoms with Crippen molar-refractivity contribution in [2.75, 3.05) is 18.0 Å². The molecule has 2 heterocycles. The molecule has 2 aromatic rings. The molecule has 1 amide bonds. The van der Waals surface area contributed by atoms with Crippen molar-refractivity contribution in [1.82, 2.24) is 4.90 Å². The van der Waals surface area contributed by atoms with Gasteiger partial charge in [0.2, 0.25) is 9.84 Å². The molecule has 0 aromatic heterocycles. The number of sulfone groups is 1. The number of hydrogen-bond donors (Lipinski definition) is 0. The normalized spacial score (nSPS) is 18.2. The van der Waals surface area contributed by atoms with Gasteiger partial charge in [-0.05, 0) is 55.3 Å². The number of nitrogens with zero attached hydrogens (tertiary/aromatic N) is 2. The molecule has 2 aliphatic heterocycles. The molecule has 10 heteroatoms. The molecular formula is C20H16ClF3N2O3S. The maximum absolute atomic E-state index is 13.1. The maximum Gasteiger partial charge on any atom is 0.416 e. The van der Waals surface area contributed by atoms with Crippen LogP contribution in [0.2, 0.25) is 5.02 Å². The number of anilines is 2. The Hall–Kier alpha value is -2.52. The minimum Gasteiger partial charge on any atom is -0.338 e. The molecule has 1 saturated heterocycles. The molecule has 0 radical (unpaired) electrons. The van der Waals surface area contributed by atoms with E-state index in [0.717, 1.165) is 31.2 Å². The SMILES string of the molecule is O=C(C1=CN(c2ccc(C(F)(F)F)cc2)c2cc(Cl)ccc2S1(=O)=O)N1CCCC1. The molecule has 2 aromatic carbocycles. The molecule has 0 unspecified atom stereocenters. The maximum atomic E-state index is 13.1. The first-order valence-corrected chi connectivity index (χ1v) is 11.0. The summed E-state index contributed by atoms with van der Waals surface area (Å²) < 4.78 is 65.1.